The topological polar surface area (TPSA) is 118 Å². The average Bonchev–Trinajstić information content (AvgIpc) is 2.81. The highest BCUT2D eigenvalue weighted by Crippen LogP contribution is 2.31. The van der Waals surface area contributed by atoms with Crippen molar-refractivity contribution in [2.45, 2.75) is 26.5 Å². The minimum atomic E-state index is -1.55. The lowest BCUT2D eigenvalue weighted by molar-refractivity contribution is -0.133. The summed E-state index contributed by atoms with van der Waals surface area (Å²) in [6.07, 6.45) is -1.55. The Morgan fingerprint density at radius 1 is 1.27 bits per heavy atom. The number of amidine groups is 1. The van der Waals surface area contributed by atoms with Gasteiger partial charge in [0.15, 0.2) is 17.7 Å². The third-order valence-electron chi connectivity index (χ3n) is 4.94. The van der Waals surface area contributed by atoms with E-state index in [0.717, 1.165) is 12.1 Å². The number of benzene rings is 2. The number of hydrogen-bond donors (Lipinski definition) is 4. The predicted molar refractivity (Wildman–Crippen MR) is 121 cm³/mol. The lowest BCUT2D eigenvalue weighted by Crippen LogP contribution is -2.32. The van der Waals surface area contributed by atoms with Crippen molar-refractivity contribution >= 4 is 23.3 Å². The Hall–Kier alpha value is -2.75. The van der Waals surface area contributed by atoms with Gasteiger partial charge in [-0.15, -0.1) is 11.6 Å². The van der Waals surface area contributed by atoms with E-state index in [1.807, 2.05) is 0 Å². The fraction of sp³-hybridized carbons (Fsp3) is 0.391. The molecule has 2 rings (SSSR count). The van der Waals surface area contributed by atoms with Crippen LogP contribution in [-0.4, -0.2) is 42.5 Å². The summed E-state index contributed by atoms with van der Waals surface area (Å²) in [4.78, 5) is 12.8. The Labute approximate surface area is 196 Å². The van der Waals surface area contributed by atoms with Crippen molar-refractivity contribution in [2.24, 2.45) is 11.1 Å². The number of hydrogen-bond acceptors (Lipinski definition) is 5. The van der Waals surface area contributed by atoms with E-state index in [0.29, 0.717) is 11.1 Å². The van der Waals surface area contributed by atoms with E-state index in [1.54, 1.807) is 38.1 Å². The van der Waals surface area contributed by atoms with E-state index in [2.05, 4.69) is 5.32 Å². The molecule has 0 heterocycles. The Balaban J connectivity index is 2.22. The summed E-state index contributed by atoms with van der Waals surface area (Å²) in [5.74, 6) is -3.06. The molecule has 0 fully saturated rings. The summed E-state index contributed by atoms with van der Waals surface area (Å²) in [7, 11) is 0. The van der Waals surface area contributed by atoms with E-state index in [9.17, 15) is 14.3 Å². The van der Waals surface area contributed by atoms with Crippen molar-refractivity contribution in [1.29, 1.82) is 5.41 Å². The molecule has 2 aromatic rings. The van der Waals surface area contributed by atoms with Gasteiger partial charge in [0.1, 0.15) is 11.7 Å². The van der Waals surface area contributed by atoms with E-state index in [-0.39, 0.29) is 43.8 Å². The van der Waals surface area contributed by atoms with Crippen molar-refractivity contribution in [1.82, 2.24) is 5.32 Å². The second kappa shape index (κ2) is 11.9. The number of nitrogens with two attached hydrogens (primary N) is 1. The number of carbonyl (C=O) groups is 1. The minimum Gasteiger partial charge on any atom is -0.490 e. The fourth-order valence-corrected chi connectivity index (χ4v) is 2.98. The number of aliphatic hydroxyl groups is 1. The number of nitrogen functional groups attached to an aromatic ring is 1. The Morgan fingerprint density at radius 3 is 2.48 bits per heavy atom. The second-order valence-electron chi connectivity index (χ2n) is 7.83. The zero-order chi connectivity index (χ0) is 24.6. The molecular formula is C23H28ClF2N3O4. The quantitative estimate of drug-likeness (QED) is 0.210. The van der Waals surface area contributed by atoms with Crippen LogP contribution < -0.4 is 15.8 Å². The van der Waals surface area contributed by atoms with E-state index < -0.39 is 34.6 Å². The molecule has 2 aromatic carbocycles. The highest BCUT2D eigenvalue weighted by atomic mass is 35.5. The summed E-state index contributed by atoms with van der Waals surface area (Å²) < 4.78 is 40.6. The standard InChI is InChI=1S/C23H28ClF2N3O4/c1-3-32-20(22(31)29-10-14-4-6-15(7-5-14)21(27)28)18-16(25)8-9-17(19(18)26)33-13-23(2,11-24)12-30/h4-9,20,30H,3,10-13H2,1-2H3,(H3,27,28)(H,29,31). The van der Waals surface area contributed by atoms with Gasteiger partial charge in [-0.05, 0) is 24.6 Å². The summed E-state index contributed by atoms with van der Waals surface area (Å²) in [6.45, 7) is 2.96. The highest BCUT2D eigenvalue weighted by molar-refractivity contribution is 6.18. The molecule has 5 N–H and O–H groups in total. The van der Waals surface area contributed by atoms with Crippen molar-refractivity contribution < 1.29 is 28.2 Å². The number of aliphatic hydroxyl groups excluding tert-OH is 1. The third-order valence-corrected chi connectivity index (χ3v) is 5.58. The van der Waals surface area contributed by atoms with Crippen LogP contribution in [-0.2, 0) is 16.1 Å². The Bertz CT molecular complexity index is 969. The third kappa shape index (κ3) is 6.86. The molecule has 0 radical (unpaired) electrons. The van der Waals surface area contributed by atoms with Crippen molar-refractivity contribution in [3.63, 3.8) is 0 Å². The first-order chi connectivity index (χ1) is 15.7. The van der Waals surface area contributed by atoms with E-state index in [1.165, 1.54) is 0 Å². The normalized spacial score (nSPS) is 13.8. The van der Waals surface area contributed by atoms with Crippen LogP contribution in [0.15, 0.2) is 36.4 Å². The van der Waals surface area contributed by atoms with Crippen molar-refractivity contribution in [2.75, 3.05) is 25.7 Å². The number of halogens is 3. The first-order valence-electron chi connectivity index (χ1n) is 10.3. The molecule has 0 aliphatic rings. The fourth-order valence-electron chi connectivity index (χ4n) is 2.82. The molecule has 0 spiro atoms. The largest absolute Gasteiger partial charge is 0.490 e. The maximum absolute atomic E-state index is 15.2. The number of amides is 1. The van der Waals surface area contributed by atoms with E-state index in [4.69, 9.17) is 32.2 Å². The van der Waals surface area contributed by atoms with Crippen LogP contribution >= 0.6 is 11.6 Å². The molecule has 0 bridgehead atoms. The Morgan fingerprint density at radius 2 is 1.94 bits per heavy atom. The summed E-state index contributed by atoms with van der Waals surface area (Å²) in [5.41, 5.74) is 5.26. The van der Waals surface area contributed by atoms with Gasteiger partial charge >= 0.3 is 0 Å². The molecule has 2 unspecified atom stereocenters. The number of alkyl halides is 1. The maximum Gasteiger partial charge on any atom is 0.254 e. The second-order valence-corrected chi connectivity index (χ2v) is 8.10. The van der Waals surface area contributed by atoms with Crippen molar-refractivity contribution in [3.05, 3.63) is 64.7 Å². The van der Waals surface area contributed by atoms with Crippen LogP contribution in [0, 0.1) is 22.5 Å². The molecule has 0 aromatic heterocycles. The first-order valence-corrected chi connectivity index (χ1v) is 10.8. The van der Waals surface area contributed by atoms with Gasteiger partial charge in [0.25, 0.3) is 5.91 Å². The average molecular weight is 484 g/mol. The van der Waals surface area contributed by atoms with Gasteiger partial charge < -0.3 is 25.6 Å². The monoisotopic (exact) mass is 483 g/mol. The van der Waals surface area contributed by atoms with Crippen LogP contribution in [0.25, 0.3) is 0 Å². The summed E-state index contributed by atoms with van der Waals surface area (Å²) in [5, 5.41) is 19.5. The minimum absolute atomic E-state index is 0.0319. The smallest absolute Gasteiger partial charge is 0.254 e. The lowest BCUT2D eigenvalue weighted by atomic mass is 9.96. The van der Waals surface area contributed by atoms with Gasteiger partial charge in [-0.2, -0.15) is 0 Å². The van der Waals surface area contributed by atoms with Gasteiger partial charge in [-0.3, -0.25) is 10.2 Å². The molecule has 180 valence electrons. The molecule has 0 saturated carbocycles. The molecule has 0 aliphatic heterocycles. The first kappa shape index (κ1) is 26.5. The number of ether oxygens (including phenoxy) is 2. The van der Waals surface area contributed by atoms with E-state index >= 15 is 4.39 Å². The summed E-state index contributed by atoms with van der Waals surface area (Å²) >= 11 is 5.83. The van der Waals surface area contributed by atoms with Crippen LogP contribution in [0.5, 0.6) is 5.75 Å². The molecule has 1 amide bonds. The van der Waals surface area contributed by atoms with Gasteiger partial charge in [0, 0.05) is 30.0 Å². The SMILES string of the molecule is CCOC(C(=O)NCc1ccc(C(=N)N)cc1)c1c(F)ccc(OCC(C)(CO)CCl)c1F. The number of nitrogens with one attached hydrogen (secondary N) is 2. The molecule has 33 heavy (non-hydrogen) atoms. The summed E-state index contributed by atoms with van der Waals surface area (Å²) in [6, 6.07) is 8.72. The van der Waals surface area contributed by atoms with Crippen LogP contribution in [0.4, 0.5) is 8.78 Å². The molecule has 10 heteroatoms. The lowest BCUT2D eigenvalue weighted by Gasteiger charge is -2.25. The van der Waals surface area contributed by atoms with Gasteiger partial charge in [-0.1, -0.05) is 31.2 Å². The number of carbonyl (C=O) groups excluding carboxylic acids is 1. The van der Waals surface area contributed by atoms with Crippen LogP contribution in [0.1, 0.15) is 36.6 Å². The van der Waals surface area contributed by atoms with Crippen molar-refractivity contribution in [3.8, 4) is 5.75 Å². The van der Waals surface area contributed by atoms with Gasteiger partial charge in [-0.25, -0.2) is 8.78 Å². The Kier molecular flexibility index (Phi) is 9.57. The van der Waals surface area contributed by atoms with Gasteiger partial charge in [0.05, 0.1) is 18.8 Å². The van der Waals surface area contributed by atoms with Crippen LogP contribution in [0.3, 0.4) is 0 Å². The molecule has 0 saturated heterocycles. The zero-order valence-electron chi connectivity index (χ0n) is 18.5. The molecule has 7 nitrogen and oxygen atoms in total. The van der Waals surface area contributed by atoms with Gasteiger partial charge in [0.2, 0.25) is 0 Å². The zero-order valence-corrected chi connectivity index (χ0v) is 19.2. The highest BCUT2D eigenvalue weighted by Gasteiger charge is 2.31. The molecule has 2 atom stereocenters. The molecule has 0 aliphatic carbocycles. The molecular weight excluding hydrogens is 456 g/mol. The van der Waals surface area contributed by atoms with Crippen LogP contribution in [0.2, 0.25) is 0 Å². The number of rotatable bonds is 12. The predicted octanol–water partition coefficient (Wildman–Crippen LogP) is 3.26. The maximum atomic E-state index is 15.2.